The van der Waals surface area contributed by atoms with Crippen LogP contribution in [0.15, 0.2) is 36.8 Å². The molecule has 15 heavy (non-hydrogen) atoms. The van der Waals surface area contributed by atoms with Crippen molar-refractivity contribution in [1.82, 2.24) is 14.8 Å². The van der Waals surface area contributed by atoms with Crippen molar-refractivity contribution in [3.63, 3.8) is 0 Å². The Kier molecular flexibility index (Phi) is 3.09. The molecule has 0 saturated carbocycles. The van der Waals surface area contributed by atoms with Crippen molar-refractivity contribution in [3.8, 4) is 5.82 Å². The zero-order chi connectivity index (χ0) is 10.5. The number of nitrogens with zero attached hydrogens (tertiary/aromatic N) is 3. The smallest absolute Gasteiger partial charge is 0.153 e. The van der Waals surface area contributed by atoms with Crippen LogP contribution in [0.25, 0.3) is 5.82 Å². The van der Waals surface area contributed by atoms with Crippen LogP contribution in [0.4, 0.5) is 0 Å². The highest BCUT2D eigenvalue weighted by atomic mass is 16.2. The molecule has 0 saturated heterocycles. The summed E-state index contributed by atoms with van der Waals surface area (Å²) in [5.74, 6) is 0.813. The van der Waals surface area contributed by atoms with Crippen LogP contribution in [0.2, 0.25) is 0 Å². The minimum Gasteiger partial charge on any atom is -0.396 e. The zero-order valence-electron chi connectivity index (χ0n) is 8.37. The average Bonchev–Trinajstić information content (AvgIpc) is 2.76. The van der Waals surface area contributed by atoms with Crippen molar-refractivity contribution in [1.29, 1.82) is 0 Å². The van der Waals surface area contributed by atoms with Crippen molar-refractivity contribution in [3.05, 3.63) is 42.4 Å². The van der Waals surface area contributed by atoms with Crippen molar-refractivity contribution in [2.24, 2.45) is 0 Å². The van der Waals surface area contributed by atoms with E-state index in [0.717, 1.165) is 24.2 Å². The minimum absolute atomic E-state index is 0.217. The Balaban J connectivity index is 2.14. The molecular formula is C11H13N3O. The van der Waals surface area contributed by atoms with Gasteiger partial charge in [-0.3, -0.25) is 0 Å². The van der Waals surface area contributed by atoms with E-state index < -0.39 is 0 Å². The van der Waals surface area contributed by atoms with E-state index >= 15 is 0 Å². The maximum atomic E-state index is 8.71. The second-order valence-corrected chi connectivity index (χ2v) is 3.31. The molecule has 78 valence electrons. The lowest BCUT2D eigenvalue weighted by atomic mass is 10.2. The fourth-order valence-electron chi connectivity index (χ4n) is 1.39. The van der Waals surface area contributed by atoms with Gasteiger partial charge in [0.2, 0.25) is 0 Å². The van der Waals surface area contributed by atoms with Crippen molar-refractivity contribution in [2.75, 3.05) is 6.61 Å². The fourth-order valence-corrected chi connectivity index (χ4v) is 1.39. The molecule has 0 aliphatic carbocycles. The minimum atomic E-state index is 0.217. The van der Waals surface area contributed by atoms with E-state index in [0.29, 0.717) is 0 Å². The molecule has 0 bridgehead atoms. The molecule has 2 aromatic heterocycles. The number of aliphatic hydroxyl groups is 1. The van der Waals surface area contributed by atoms with Crippen LogP contribution in [0, 0.1) is 0 Å². The summed E-state index contributed by atoms with van der Waals surface area (Å²) in [5.41, 5.74) is 1.12. The third kappa shape index (κ3) is 2.41. The van der Waals surface area contributed by atoms with E-state index in [2.05, 4.69) is 10.1 Å². The summed E-state index contributed by atoms with van der Waals surface area (Å²) >= 11 is 0. The second kappa shape index (κ2) is 4.70. The molecule has 4 nitrogen and oxygen atoms in total. The first kappa shape index (κ1) is 9.86. The van der Waals surface area contributed by atoms with Gasteiger partial charge in [-0.25, -0.2) is 9.67 Å². The van der Waals surface area contributed by atoms with Crippen LogP contribution in [0.1, 0.15) is 12.0 Å². The van der Waals surface area contributed by atoms with Gasteiger partial charge in [0.1, 0.15) is 0 Å². The largest absolute Gasteiger partial charge is 0.396 e. The van der Waals surface area contributed by atoms with Gasteiger partial charge in [0.25, 0.3) is 0 Å². The SMILES string of the molecule is OCCCc1cnn(-c2ccccn2)c1. The Hall–Kier alpha value is -1.68. The maximum Gasteiger partial charge on any atom is 0.153 e. The molecule has 0 unspecified atom stereocenters. The number of aromatic nitrogens is 3. The molecule has 0 aromatic carbocycles. The number of aryl methyl sites for hydroxylation is 1. The Bertz CT molecular complexity index is 411. The molecule has 0 atom stereocenters. The van der Waals surface area contributed by atoms with Gasteiger partial charge in [-0.1, -0.05) is 6.07 Å². The van der Waals surface area contributed by atoms with Crippen LogP contribution < -0.4 is 0 Å². The lowest BCUT2D eigenvalue weighted by Gasteiger charge is -1.97. The number of hydrogen-bond acceptors (Lipinski definition) is 3. The molecule has 0 radical (unpaired) electrons. The van der Waals surface area contributed by atoms with E-state index in [4.69, 9.17) is 5.11 Å². The highest BCUT2D eigenvalue weighted by molar-refractivity contribution is 5.21. The Morgan fingerprint density at radius 2 is 2.27 bits per heavy atom. The van der Waals surface area contributed by atoms with E-state index in [1.54, 1.807) is 10.9 Å². The van der Waals surface area contributed by atoms with Gasteiger partial charge in [0.05, 0.1) is 6.20 Å². The average molecular weight is 203 g/mol. The molecule has 2 aromatic rings. The van der Waals surface area contributed by atoms with Gasteiger partial charge >= 0.3 is 0 Å². The molecule has 1 N–H and O–H groups in total. The predicted octanol–water partition coefficient (Wildman–Crippen LogP) is 1.19. The van der Waals surface area contributed by atoms with Crippen LogP contribution in [-0.2, 0) is 6.42 Å². The monoisotopic (exact) mass is 203 g/mol. The van der Waals surface area contributed by atoms with Gasteiger partial charge < -0.3 is 5.11 Å². The summed E-state index contributed by atoms with van der Waals surface area (Å²) in [7, 11) is 0. The predicted molar refractivity (Wildman–Crippen MR) is 56.8 cm³/mol. The Morgan fingerprint density at radius 1 is 1.33 bits per heavy atom. The maximum absolute atomic E-state index is 8.71. The fraction of sp³-hybridized carbons (Fsp3) is 0.273. The second-order valence-electron chi connectivity index (χ2n) is 3.31. The molecular weight excluding hydrogens is 190 g/mol. The topological polar surface area (TPSA) is 50.9 Å². The summed E-state index contributed by atoms with van der Waals surface area (Å²) in [6, 6.07) is 5.71. The van der Waals surface area contributed by atoms with E-state index in [1.807, 2.05) is 30.6 Å². The third-order valence-corrected chi connectivity index (χ3v) is 2.14. The van der Waals surface area contributed by atoms with Crippen LogP contribution >= 0.6 is 0 Å². The standard InChI is InChI=1S/C11H13N3O/c15-7-3-4-10-8-13-14(9-10)11-5-1-2-6-12-11/h1-2,5-6,8-9,15H,3-4,7H2. The van der Waals surface area contributed by atoms with Crippen LogP contribution in [0.3, 0.4) is 0 Å². The van der Waals surface area contributed by atoms with E-state index in [9.17, 15) is 0 Å². The molecule has 4 heteroatoms. The normalized spacial score (nSPS) is 10.5. The summed E-state index contributed by atoms with van der Waals surface area (Å²) in [4.78, 5) is 4.19. The Morgan fingerprint density at radius 3 is 3.00 bits per heavy atom. The lowest BCUT2D eigenvalue weighted by Crippen LogP contribution is -1.96. The van der Waals surface area contributed by atoms with Gasteiger partial charge in [-0.2, -0.15) is 5.10 Å². The molecule has 2 heterocycles. The van der Waals surface area contributed by atoms with Crippen molar-refractivity contribution < 1.29 is 5.11 Å². The van der Waals surface area contributed by atoms with Crippen molar-refractivity contribution >= 4 is 0 Å². The molecule has 0 aliphatic rings. The van der Waals surface area contributed by atoms with E-state index in [1.165, 1.54) is 0 Å². The van der Waals surface area contributed by atoms with Gasteiger partial charge in [0.15, 0.2) is 5.82 Å². The first-order valence-electron chi connectivity index (χ1n) is 4.96. The third-order valence-electron chi connectivity index (χ3n) is 2.14. The van der Waals surface area contributed by atoms with Crippen molar-refractivity contribution in [2.45, 2.75) is 12.8 Å². The summed E-state index contributed by atoms with van der Waals surface area (Å²) in [6.07, 6.45) is 7.12. The highest BCUT2D eigenvalue weighted by Gasteiger charge is 2.00. The lowest BCUT2D eigenvalue weighted by molar-refractivity contribution is 0.288. The van der Waals surface area contributed by atoms with Gasteiger partial charge in [0, 0.05) is 19.0 Å². The zero-order valence-corrected chi connectivity index (χ0v) is 8.37. The number of aliphatic hydroxyl groups excluding tert-OH is 1. The quantitative estimate of drug-likeness (QED) is 0.812. The van der Waals surface area contributed by atoms with Gasteiger partial charge in [-0.05, 0) is 30.5 Å². The molecule has 0 amide bonds. The summed E-state index contributed by atoms with van der Waals surface area (Å²) < 4.78 is 1.74. The van der Waals surface area contributed by atoms with Crippen LogP contribution in [0.5, 0.6) is 0 Å². The molecule has 0 aliphatic heterocycles. The number of hydrogen-bond donors (Lipinski definition) is 1. The molecule has 0 spiro atoms. The molecule has 2 rings (SSSR count). The van der Waals surface area contributed by atoms with Gasteiger partial charge in [-0.15, -0.1) is 0 Å². The highest BCUT2D eigenvalue weighted by Crippen LogP contribution is 2.06. The first-order chi connectivity index (χ1) is 7.40. The Labute approximate surface area is 88.2 Å². The summed E-state index contributed by atoms with van der Waals surface area (Å²) in [5, 5.41) is 12.9. The number of rotatable bonds is 4. The number of pyridine rings is 1. The molecule has 0 fully saturated rings. The van der Waals surface area contributed by atoms with E-state index in [-0.39, 0.29) is 6.61 Å². The van der Waals surface area contributed by atoms with Crippen LogP contribution in [-0.4, -0.2) is 26.5 Å². The first-order valence-corrected chi connectivity index (χ1v) is 4.96. The summed E-state index contributed by atoms with van der Waals surface area (Å²) in [6.45, 7) is 0.217.